The zero-order valence-corrected chi connectivity index (χ0v) is 20.3. The predicted molar refractivity (Wildman–Crippen MR) is 135 cm³/mol. The minimum atomic E-state index is -3.32. The van der Waals surface area contributed by atoms with E-state index in [1.807, 2.05) is 6.07 Å². The molecule has 0 bridgehead atoms. The zero-order valence-electron chi connectivity index (χ0n) is 18.6. The fourth-order valence-electron chi connectivity index (χ4n) is 3.66. The summed E-state index contributed by atoms with van der Waals surface area (Å²) < 4.78 is 24.8. The Morgan fingerprint density at radius 3 is 2.42 bits per heavy atom. The average Bonchev–Trinajstić information content (AvgIpc) is 2.73. The van der Waals surface area contributed by atoms with Gasteiger partial charge in [0.2, 0.25) is 10.0 Å². The number of thiocarbonyl (C=S) groups is 1. The van der Waals surface area contributed by atoms with E-state index in [4.69, 9.17) is 12.2 Å². The van der Waals surface area contributed by atoms with Crippen LogP contribution in [0.15, 0.2) is 48.5 Å². The van der Waals surface area contributed by atoms with E-state index in [-0.39, 0.29) is 6.04 Å². The van der Waals surface area contributed by atoms with Crippen LogP contribution in [-0.2, 0) is 10.0 Å². The van der Waals surface area contributed by atoms with Crippen molar-refractivity contribution >= 4 is 44.4 Å². The van der Waals surface area contributed by atoms with Gasteiger partial charge in [-0.05, 0) is 73.8 Å². The molecule has 1 heterocycles. The van der Waals surface area contributed by atoms with Gasteiger partial charge in [0.1, 0.15) is 0 Å². The number of piperidine rings is 1. The first kappa shape index (κ1) is 23.3. The van der Waals surface area contributed by atoms with Gasteiger partial charge < -0.3 is 15.5 Å². The van der Waals surface area contributed by atoms with E-state index >= 15 is 0 Å². The number of rotatable bonds is 6. The fraction of sp³-hybridized carbons (Fsp3) is 0.435. The maximum atomic E-state index is 11.8. The summed E-state index contributed by atoms with van der Waals surface area (Å²) in [6, 6.07) is 15.9. The SMILES string of the molecule is CC1CCN(c2ccc([C@@H](C)NC(=S)Nc3cccc(N(C)S(C)(=O)=O)c3)cc2)CC1. The predicted octanol–water partition coefficient (Wildman–Crippen LogP) is 4.37. The van der Waals surface area contributed by atoms with Gasteiger partial charge in [-0.2, -0.15) is 0 Å². The van der Waals surface area contributed by atoms with Gasteiger partial charge in [0.15, 0.2) is 5.11 Å². The van der Waals surface area contributed by atoms with Crippen LogP contribution in [0.1, 0.15) is 38.3 Å². The topological polar surface area (TPSA) is 64.7 Å². The molecule has 0 amide bonds. The molecule has 1 atom stereocenters. The molecular formula is C23H32N4O2S2. The van der Waals surface area contributed by atoms with Gasteiger partial charge in [0.05, 0.1) is 18.0 Å². The molecule has 0 radical (unpaired) electrons. The van der Waals surface area contributed by atoms with E-state index in [9.17, 15) is 8.42 Å². The van der Waals surface area contributed by atoms with E-state index < -0.39 is 10.0 Å². The van der Waals surface area contributed by atoms with Crippen LogP contribution in [0.25, 0.3) is 0 Å². The van der Waals surface area contributed by atoms with Crippen molar-refractivity contribution in [1.82, 2.24) is 5.32 Å². The second kappa shape index (κ2) is 9.87. The van der Waals surface area contributed by atoms with Crippen molar-refractivity contribution in [1.29, 1.82) is 0 Å². The van der Waals surface area contributed by atoms with Gasteiger partial charge in [0, 0.05) is 31.5 Å². The molecule has 1 aliphatic heterocycles. The van der Waals surface area contributed by atoms with E-state index in [1.165, 1.54) is 36.1 Å². The Morgan fingerprint density at radius 2 is 1.81 bits per heavy atom. The van der Waals surface area contributed by atoms with Crippen molar-refractivity contribution in [3.05, 3.63) is 54.1 Å². The first-order valence-electron chi connectivity index (χ1n) is 10.6. The first-order valence-corrected chi connectivity index (χ1v) is 12.9. The third kappa shape index (κ3) is 6.33. The second-order valence-corrected chi connectivity index (χ2v) is 10.8. The van der Waals surface area contributed by atoms with Crippen LogP contribution in [0.2, 0.25) is 0 Å². The fourth-order valence-corrected chi connectivity index (χ4v) is 4.45. The van der Waals surface area contributed by atoms with Crippen LogP contribution < -0.4 is 19.8 Å². The Hall–Kier alpha value is -2.32. The Morgan fingerprint density at radius 1 is 1.16 bits per heavy atom. The molecule has 1 fully saturated rings. The number of hydrogen-bond donors (Lipinski definition) is 2. The Kier molecular flexibility index (Phi) is 7.43. The molecule has 168 valence electrons. The second-order valence-electron chi connectivity index (χ2n) is 8.36. The van der Waals surface area contributed by atoms with Crippen molar-refractivity contribution in [2.45, 2.75) is 32.7 Å². The van der Waals surface area contributed by atoms with Crippen molar-refractivity contribution in [2.75, 3.05) is 40.9 Å². The lowest BCUT2D eigenvalue weighted by Crippen LogP contribution is -2.33. The molecule has 1 saturated heterocycles. The third-order valence-corrected chi connectivity index (χ3v) is 7.28. The van der Waals surface area contributed by atoms with Crippen LogP contribution in [-0.4, -0.2) is 39.9 Å². The summed E-state index contributed by atoms with van der Waals surface area (Å²) in [5.41, 5.74) is 3.73. The highest BCUT2D eigenvalue weighted by atomic mass is 32.2. The quantitative estimate of drug-likeness (QED) is 0.624. The number of hydrogen-bond acceptors (Lipinski definition) is 4. The van der Waals surface area contributed by atoms with Gasteiger partial charge in [-0.3, -0.25) is 4.31 Å². The lowest BCUT2D eigenvalue weighted by Gasteiger charge is -2.32. The number of nitrogens with zero attached hydrogens (tertiary/aromatic N) is 2. The van der Waals surface area contributed by atoms with Crippen molar-refractivity contribution in [2.24, 2.45) is 5.92 Å². The lowest BCUT2D eigenvalue weighted by molar-refractivity contribution is 0.438. The minimum Gasteiger partial charge on any atom is -0.372 e. The number of sulfonamides is 1. The Bertz CT molecular complexity index is 1000. The maximum Gasteiger partial charge on any atom is 0.231 e. The van der Waals surface area contributed by atoms with Gasteiger partial charge in [-0.1, -0.05) is 25.1 Å². The average molecular weight is 461 g/mol. The molecule has 2 aromatic carbocycles. The van der Waals surface area contributed by atoms with E-state index in [0.29, 0.717) is 10.8 Å². The zero-order chi connectivity index (χ0) is 22.6. The molecule has 0 saturated carbocycles. The highest BCUT2D eigenvalue weighted by molar-refractivity contribution is 7.92. The Labute approximate surface area is 191 Å². The third-order valence-electron chi connectivity index (χ3n) is 5.85. The molecule has 0 spiro atoms. The van der Waals surface area contributed by atoms with Crippen LogP contribution in [0, 0.1) is 5.92 Å². The standard InChI is InChI=1S/C23H32N4O2S2/c1-17-12-14-27(15-13-17)21-10-8-19(9-11-21)18(2)24-23(30)25-20-6-5-7-22(16-20)26(3)31(4,28)29/h5-11,16-18H,12-15H2,1-4H3,(H2,24,25,30)/t18-/m1/s1. The first-order chi connectivity index (χ1) is 14.6. The largest absolute Gasteiger partial charge is 0.372 e. The van der Waals surface area contributed by atoms with Gasteiger partial charge in [0.25, 0.3) is 0 Å². The highest BCUT2D eigenvalue weighted by Crippen LogP contribution is 2.25. The van der Waals surface area contributed by atoms with Gasteiger partial charge >= 0.3 is 0 Å². The molecule has 1 aliphatic rings. The monoisotopic (exact) mass is 460 g/mol. The minimum absolute atomic E-state index is 0.0392. The van der Waals surface area contributed by atoms with E-state index in [1.54, 1.807) is 18.2 Å². The summed E-state index contributed by atoms with van der Waals surface area (Å²) in [5, 5.41) is 6.94. The van der Waals surface area contributed by atoms with Gasteiger partial charge in [-0.15, -0.1) is 0 Å². The smallest absolute Gasteiger partial charge is 0.231 e. The van der Waals surface area contributed by atoms with Crippen LogP contribution >= 0.6 is 12.2 Å². The molecular weight excluding hydrogens is 428 g/mol. The lowest BCUT2D eigenvalue weighted by atomic mass is 9.98. The van der Waals surface area contributed by atoms with Crippen molar-refractivity contribution in [3.63, 3.8) is 0 Å². The molecule has 8 heteroatoms. The number of anilines is 3. The molecule has 2 aromatic rings. The molecule has 0 aliphatic carbocycles. The number of nitrogens with one attached hydrogen (secondary N) is 2. The van der Waals surface area contributed by atoms with Crippen molar-refractivity contribution < 1.29 is 8.42 Å². The van der Waals surface area contributed by atoms with Crippen LogP contribution in [0.4, 0.5) is 17.1 Å². The Balaban J connectivity index is 1.58. The molecule has 2 N–H and O–H groups in total. The van der Waals surface area contributed by atoms with Crippen LogP contribution in [0.3, 0.4) is 0 Å². The highest BCUT2D eigenvalue weighted by Gasteiger charge is 2.17. The molecule has 31 heavy (non-hydrogen) atoms. The summed E-state index contributed by atoms with van der Waals surface area (Å²) >= 11 is 5.47. The molecule has 3 rings (SSSR count). The summed E-state index contributed by atoms with van der Waals surface area (Å²) in [6.45, 7) is 6.64. The maximum absolute atomic E-state index is 11.8. The van der Waals surface area contributed by atoms with E-state index in [2.05, 4.69) is 53.6 Å². The van der Waals surface area contributed by atoms with Crippen molar-refractivity contribution in [3.8, 4) is 0 Å². The summed E-state index contributed by atoms with van der Waals surface area (Å²) in [5.74, 6) is 0.820. The number of benzene rings is 2. The summed E-state index contributed by atoms with van der Waals surface area (Å²) in [7, 11) is -1.79. The van der Waals surface area contributed by atoms with Gasteiger partial charge in [-0.25, -0.2) is 8.42 Å². The summed E-state index contributed by atoms with van der Waals surface area (Å²) in [6.07, 6.45) is 3.68. The molecule has 0 unspecified atom stereocenters. The molecule has 6 nitrogen and oxygen atoms in total. The van der Waals surface area contributed by atoms with E-state index in [0.717, 1.165) is 30.3 Å². The van der Waals surface area contributed by atoms with Crippen LogP contribution in [0.5, 0.6) is 0 Å². The molecule has 0 aromatic heterocycles. The summed E-state index contributed by atoms with van der Waals surface area (Å²) in [4.78, 5) is 2.45. The normalized spacial score (nSPS) is 15.9.